The van der Waals surface area contributed by atoms with Crippen molar-refractivity contribution < 1.29 is 27.6 Å². The zero-order chi connectivity index (χ0) is 21.5. The van der Waals surface area contributed by atoms with E-state index in [9.17, 15) is 27.6 Å². The molecule has 8 heteroatoms. The number of alkyl halides is 3. The van der Waals surface area contributed by atoms with Crippen LogP contribution in [0.2, 0.25) is 0 Å². The quantitative estimate of drug-likeness (QED) is 0.634. The molecule has 0 fully saturated rings. The van der Waals surface area contributed by atoms with Crippen LogP contribution in [0.1, 0.15) is 36.6 Å². The van der Waals surface area contributed by atoms with Crippen molar-refractivity contribution in [2.24, 2.45) is 0 Å². The van der Waals surface area contributed by atoms with Crippen LogP contribution in [0.15, 0.2) is 72.8 Å². The summed E-state index contributed by atoms with van der Waals surface area (Å²) < 4.78 is 38.0. The summed E-state index contributed by atoms with van der Waals surface area (Å²) in [6.07, 6.45) is -4.49. The van der Waals surface area contributed by atoms with E-state index in [1.54, 1.807) is 42.5 Å². The summed E-state index contributed by atoms with van der Waals surface area (Å²) in [6, 6.07) is 16.3. The fourth-order valence-corrected chi connectivity index (χ4v) is 3.16. The lowest BCUT2D eigenvalue weighted by atomic mass is 10.1. The summed E-state index contributed by atoms with van der Waals surface area (Å²) in [7, 11) is 0. The first-order valence-electron chi connectivity index (χ1n) is 8.82. The highest BCUT2D eigenvalue weighted by Gasteiger charge is 2.36. The molecule has 3 aromatic rings. The van der Waals surface area contributed by atoms with Crippen molar-refractivity contribution in [1.29, 1.82) is 0 Å². The summed E-state index contributed by atoms with van der Waals surface area (Å²) >= 11 is 0. The van der Waals surface area contributed by atoms with E-state index >= 15 is 0 Å². The molecule has 4 rings (SSSR count). The molecule has 0 spiro atoms. The minimum atomic E-state index is -4.49. The minimum absolute atomic E-state index is 0.0362. The van der Waals surface area contributed by atoms with Crippen LogP contribution >= 0.6 is 0 Å². The number of nitrogens with one attached hydrogen (secondary N) is 1. The summed E-state index contributed by atoms with van der Waals surface area (Å²) in [5.41, 5.74) is 0.324. The van der Waals surface area contributed by atoms with Gasteiger partial charge >= 0.3 is 6.18 Å². The standard InChI is InChI=1S/C22H13F3N2O3/c23-22(24,25)14-10-8-13(9-11-14)19(28)26-15-4-3-5-16(12-15)27-20(29)17-6-1-2-7-18(17)21(27)30/h1-12H,(H,26,28). The van der Waals surface area contributed by atoms with Crippen molar-refractivity contribution in [3.8, 4) is 0 Å². The number of hydrogen-bond acceptors (Lipinski definition) is 3. The Labute approximate surface area is 168 Å². The van der Waals surface area contributed by atoms with Gasteiger partial charge in [-0.25, -0.2) is 4.90 Å². The third kappa shape index (κ3) is 3.43. The number of fused-ring (bicyclic) bond motifs is 1. The predicted octanol–water partition coefficient (Wildman–Crippen LogP) is 4.76. The Kier molecular flexibility index (Phi) is 4.62. The second kappa shape index (κ2) is 7.14. The molecular formula is C22H13F3N2O3. The maximum absolute atomic E-state index is 12.7. The first kappa shape index (κ1) is 19.4. The van der Waals surface area contributed by atoms with Gasteiger partial charge in [-0.05, 0) is 54.6 Å². The molecule has 3 aromatic carbocycles. The molecule has 0 bridgehead atoms. The van der Waals surface area contributed by atoms with Crippen LogP contribution in [0.5, 0.6) is 0 Å². The second-order valence-corrected chi connectivity index (χ2v) is 6.57. The number of benzene rings is 3. The summed E-state index contributed by atoms with van der Waals surface area (Å²) in [5.74, 6) is -1.56. The van der Waals surface area contributed by atoms with Crippen LogP contribution in [0, 0.1) is 0 Å². The molecule has 1 aliphatic heterocycles. The molecule has 0 saturated carbocycles. The van der Waals surface area contributed by atoms with Gasteiger partial charge in [0.1, 0.15) is 0 Å². The Morgan fingerprint density at radius 3 is 1.97 bits per heavy atom. The molecule has 1 heterocycles. The molecule has 5 nitrogen and oxygen atoms in total. The molecule has 0 unspecified atom stereocenters. The van der Waals surface area contributed by atoms with Crippen molar-refractivity contribution >= 4 is 29.1 Å². The van der Waals surface area contributed by atoms with Crippen LogP contribution in [-0.2, 0) is 6.18 Å². The Bertz CT molecular complexity index is 1140. The first-order chi connectivity index (χ1) is 14.3. The smallest absolute Gasteiger partial charge is 0.322 e. The van der Waals surface area contributed by atoms with Crippen LogP contribution in [0.3, 0.4) is 0 Å². The maximum atomic E-state index is 12.7. The van der Waals surface area contributed by atoms with Gasteiger partial charge in [0.05, 0.1) is 22.4 Å². The number of amides is 3. The van der Waals surface area contributed by atoms with E-state index in [1.165, 1.54) is 6.07 Å². The molecule has 0 radical (unpaired) electrons. The lowest BCUT2D eigenvalue weighted by Crippen LogP contribution is -2.29. The zero-order valence-corrected chi connectivity index (χ0v) is 15.2. The number of imide groups is 1. The largest absolute Gasteiger partial charge is 0.416 e. The Hall–Kier alpha value is -3.94. The highest BCUT2D eigenvalue weighted by atomic mass is 19.4. The summed E-state index contributed by atoms with van der Waals surface area (Å²) in [5, 5.41) is 2.56. The van der Waals surface area contributed by atoms with E-state index in [2.05, 4.69) is 5.32 Å². The van der Waals surface area contributed by atoms with Gasteiger partial charge in [0.25, 0.3) is 17.7 Å². The molecular weight excluding hydrogens is 397 g/mol. The molecule has 0 atom stereocenters. The molecule has 1 aliphatic rings. The van der Waals surface area contributed by atoms with Crippen molar-refractivity contribution in [3.63, 3.8) is 0 Å². The molecule has 0 aliphatic carbocycles. The number of rotatable bonds is 3. The van der Waals surface area contributed by atoms with Crippen LogP contribution in [0.25, 0.3) is 0 Å². The maximum Gasteiger partial charge on any atom is 0.416 e. The summed E-state index contributed by atoms with van der Waals surface area (Å²) in [4.78, 5) is 38.6. The second-order valence-electron chi connectivity index (χ2n) is 6.57. The number of nitrogens with zero attached hydrogens (tertiary/aromatic N) is 1. The predicted molar refractivity (Wildman–Crippen MR) is 103 cm³/mol. The third-order valence-electron chi connectivity index (χ3n) is 4.63. The van der Waals surface area contributed by atoms with Crippen LogP contribution in [-0.4, -0.2) is 17.7 Å². The van der Waals surface area contributed by atoms with Crippen molar-refractivity contribution in [1.82, 2.24) is 0 Å². The number of anilines is 2. The van der Waals surface area contributed by atoms with E-state index < -0.39 is 29.5 Å². The molecule has 0 saturated heterocycles. The average molecular weight is 410 g/mol. The average Bonchev–Trinajstić information content (AvgIpc) is 2.98. The number of carbonyl (C=O) groups excluding carboxylic acids is 3. The zero-order valence-electron chi connectivity index (χ0n) is 15.2. The SMILES string of the molecule is O=C(Nc1cccc(N2C(=O)c3ccccc3C2=O)c1)c1ccc(C(F)(F)F)cc1. The highest BCUT2D eigenvalue weighted by Crippen LogP contribution is 2.31. The van der Waals surface area contributed by atoms with Gasteiger partial charge < -0.3 is 5.32 Å². The monoisotopic (exact) mass is 410 g/mol. The van der Waals surface area contributed by atoms with Gasteiger partial charge in [-0.2, -0.15) is 13.2 Å². The van der Waals surface area contributed by atoms with Crippen LogP contribution in [0.4, 0.5) is 24.5 Å². The van der Waals surface area contributed by atoms with Crippen LogP contribution < -0.4 is 10.2 Å². The Balaban J connectivity index is 1.55. The highest BCUT2D eigenvalue weighted by molar-refractivity contribution is 6.34. The van der Waals surface area contributed by atoms with Crippen molar-refractivity contribution in [2.75, 3.05) is 10.2 Å². The Morgan fingerprint density at radius 2 is 1.40 bits per heavy atom. The van der Waals surface area contributed by atoms with E-state index in [1.807, 2.05) is 0 Å². The molecule has 1 N–H and O–H groups in total. The third-order valence-corrected chi connectivity index (χ3v) is 4.63. The normalized spacial score (nSPS) is 13.4. The van der Waals surface area contributed by atoms with Gasteiger partial charge in [-0.15, -0.1) is 0 Å². The number of hydrogen-bond donors (Lipinski definition) is 1. The summed E-state index contributed by atoms with van der Waals surface area (Å²) in [6.45, 7) is 0. The first-order valence-corrected chi connectivity index (χ1v) is 8.82. The van der Waals surface area contributed by atoms with E-state index in [-0.39, 0.29) is 16.9 Å². The van der Waals surface area contributed by atoms with Crippen molar-refractivity contribution in [3.05, 3.63) is 95.1 Å². The van der Waals surface area contributed by atoms with E-state index in [4.69, 9.17) is 0 Å². The Morgan fingerprint density at radius 1 is 0.800 bits per heavy atom. The van der Waals surface area contributed by atoms with Crippen molar-refractivity contribution in [2.45, 2.75) is 6.18 Å². The van der Waals surface area contributed by atoms with E-state index in [0.717, 1.165) is 29.2 Å². The molecule has 150 valence electrons. The number of carbonyl (C=O) groups is 3. The topological polar surface area (TPSA) is 66.5 Å². The fourth-order valence-electron chi connectivity index (χ4n) is 3.16. The van der Waals surface area contributed by atoms with Gasteiger partial charge in [0.2, 0.25) is 0 Å². The van der Waals surface area contributed by atoms with Gasteiger partial charge in [-0.3, -0.25) is 14.4 Å². The van der Waals surface area contributed by atoms with Gasteiger partial charge in [0.15, 0.2) is 0 Å². The van der Waals surface area contributed by atoms with E-state index in [0.29, 0.717) is 11.1 Å². The molecule has 30 heavy (non-hydrogen) atoms. The molecule has 0 aromatic heterocycles. The minimum Gasteiger partial charge on any atom is -0.322 e. The number of halogens is 3. The lowest BCUT2D eigenvalue weighted by molar-refractivity contribution is -0.137. The fraction of sp³-hybridized carbons (Fsp3) is 0.0455. The van der Waals surface area contributed by atoms with Gasteiger partial charge in [-0.1, -0.05) is 18.2 Å². The molecule has 3 amide bonds. The van der Waals surface area contributed by atoms with Gasteiger partial charge in [0, 0.05) is 11.3 Å². The lowest BCUT2D eigenvalue weighted by Gasteiger charge is -2.15.